The number of methoxy groups -OCH3 is 3. The molecule has 0 aliphatic rings. The summed E-state index contributed by atoms with van der Waals surface area (Å²) in [4.78, 5) is 52.3. The molecular weight excluding hydrogens is 1280 g/mol. The van der Waals surface area contributed by atoms with Crippen LogP contribution in [0.15, 0.2) is 234 Å². The van der Waals surface area contributed by atoms with Crippen molar-refractivity contribution >= 4 is 23.2 Å². The van der Waals surface area contributed by atoms with E-state index in [1.165, 1.54) is 41.0 Å². The topological polar surface area (TPSA) is 167 Å². The van der Waals surface area contributed by atoms with E-state index in [4.69, 9.17) is 37.4 Å². The molecule has 0 bridgehead atoms. The van der Waals surface area contributed by atoms with Gasteiger partial charge in [-0.25, -0.2) is 28.1 Å². The number of aliphatic hydroxyl groups excluding tert-OH is 1. The first kappa shape index (κ1) is 70.8. The summed E-state index contributed by atoms with van der Waals surface area (Å²) >= 11 is 9.53. The van der Waals surface area contributed by atoms with E-state index < -0.39 is 6.10 Å². The summed E-state index contributed by atoms with van der Waals surface area (Å²) in [6.07, 6.45) is 16.0. The van der Waals surface area contributed by atoms with Crippen molar-refractivity contribution in [2.45, 2.75) is 78.6 Å². The van der Waals surface area contributed by atoms with Gasteiger partial charge in [0.1, 0.15) is 40.8 Å². The van der Waals surface area contributed by atoms with E-state index in [2.05, 4.69) is 15.0 Å². The van der Waals surface area contributed by atoms with Crippen molar-refractivity contribution in [1.82, 2.24) is 42.4 Å². The Balaban J connectivity index is 0.000000167. The van der Waals surface area contributed by atoms with E-state index in [0.29, 0.717) is 46.8 Å². The number of aromatic nitrogens is 9. The largest absolute Gasteiger partial charge is 0.495 e. The van der Waals surface area contributed by atoms with Crippen LogP contribution in [0.25, 0.3) is 17.1 Å². The SMILES string of the molecule is COc1cc(C(O)c2cccn(C(C)c3ccc(F)cc3)c2=O)ccc1-n1cnc(C)c1.COc1cc(Cc2cccn(C(C)c3ccc(F)cc3)c2=O)ccc1-n1cnc(C)c1.COc1cc(Cc2cccn(C(C)c3ccc(F)cc3)c2=O)ccc1-n1cnc(C)c1.ClCCl. The monoisotopic (exact) mass is 1350 g/mol. The van der Waals surface area contributed by atoms with E-state index in [-0.39, 0.29) is 63.2 Å². The normalized spacial score (nSPS) is 12.2. The number of nitrogens with zero attached hydrogens (tertiary/aromatic N) is 9. The summed E-state index contributed by atoms with van der Waals surface area (Å²) in [5.74, 6) is 1.06. The molecule has 0 amide bonds. The zero-order chi connectivity index (χ0) is 69.4. The fourth-order valence-corrected chi connectivity index (χ4v) is 11.2. The van der Waals surface area contributed by atoms with Gasteiger partial charge in [0.2, 0.25) is 0 Å². The first-order valence-electron chi connectivity index (χ1n) is 30.9. The Kier molecular flexibility index (Phi) is 23.9. The molecule has 0 saturated carbocycles. The second-order valence-corrected chi connectivity index (χ2v) is 23.7. The van der Waals surface area contributed by atoms with Crippen molar-refractivity contribution in [2.75, 3.05) is 26.7 Å². The zero-order valence-electron chi connectivity index (χ0n) is 55.0. The number of pyridine rings is 3. The smallest absolute Gasteiger partial charge is 0.257 e. The lowest BCUT2D eigenvalue weighted by Crippen LogP contribution is -2.28. The molecule has 16 nitrogen and oxygen atoms in total. The van der Waals surface area contributed by atoms with Crippen molar-refractivity contribution in [3.8, 4) is 34.3 Å². The Labute approximate surface area is 570 Å². The maximum atomic E-state index is 13.3. The number of aryl methyl sites for hydroxylation is 3. The zero-order valence-corrected chi connectivity index (χ0v) is 56.5. The number of hydrogen-bond donors (Lipinski definition) is 1. The van der Waals surface area contributed by atoms with Crippen molar-refractivity contribution < 1.29 is 32.5 Å². The van der Waals surface area contributed by atoms with E-state index in [9.17, 15) is 32.7 Å². The lowest BCUT2D eigenvalue weighted by atomic mass is 10.0. The molecule has 0 radical (unpaired) electrons. The van der Waals surface area contributed by atoms with Gasteiger partial charge in [-0.05, 0) is 172 Å². The minimum absolute atomic E-state index is 0.0624. The summed E-state index contributed by atoms with van der Waals surface area (Å²) in [6, 6.07) is 45.7. The van der Waals surface area contributed by atoms with Crippen LogP contribution < -0.4 is 30.9 Å². The van der Waals surface area contributed by atoms with Crippen LogP contribution >= 0.6 is 23.2 Å². The van der Waals surface area contributed by atoms with Crippen molar-refractivity contribution in [1.29, 1.82) is 0 Å². The molecule has 0 saturated heterocycles. The number of ether oxygens (including phenoxy) is 3. The molecule has 21 heteroatoms. The van der Waals surface area contributed by atoms with Crippen LogP contribution in [0.1, 0.15) is 112 Å². The highest BCUT2D eigenvalue weighted by atomic mass is 35.5. The second-order valence-electron chi connectivity index (χ2n) is 22.9. The molecule has 6 aromatic carbocycles. The maximum Gasteiger partial charge on any atom is 0.257 e. The third-order valence-corrected chi connectivity index (χ3v) is 16.5. The number of imidazole rings is 3. The Morgan fingerprint density at radius 1 is 0.433 bits per heavy atom. The Morgan fingerprint density at radius 2 is 0.742 bits per heavy atom. The highest BCUT2D eigenvalue weighted by Crippen LogP contribution is 2.32. The standard InChI is InChI=1S/C25H24FN3O3.2C25H24FN3O2.CH2Cl2/c1-16-14-28(15-27-16)22-11-8-19(13-23(22)32-3)24(30)21-5-4-12-29(25(21)31)17(2)18-6-9-20(26)10-7-18;2*1-17-15-28(16-27-17)23-11-6-19(14-24(23)31-3)13-21-5-4-12-29(25(21)30)18(2)20-7-9-22(26)10-8-20;2-1-3/h4-15,17,24,30H,1-3H3;2*4-12,14-16,18H,13H2,1-3H3;1H2. The molecule has 6 aromatic heterocycles. The second kappa shape index (κ2) is 32.8. The molecule has 4 atom stereocenters. The molecule has 6 heterocycles. The molecule has 12 rings (SSSR count). The fourth-order valence-electron chi connectivity index (χ4n) is 11.2. The molecule has 0 spiro atoms. The van der Waals surface area contributed by atoms with Crippen molar-refractivity contribution in [3.63, 3.8) is 0 Å². The molecule has 0 aliphatic carbocycles. The third kappa shape index (κ3) is 17.3. The first-order valence-corrected chi connectivity index (χ1v) is 32.0. The maximum absolute atomic E-state index is 13.3. The van der Waals surface area contributed by atoms with E-state index in [1.807, 2.05) is 141 Å². The van der Waals surface area contributed by atoms with Gasteiger partial charge in [-0.1, -0.05) is 66.7 Å². The van der Waals surface area contributed by atoms with Crippen LogP contribution in [0.3, 0.4) is 0 Å². The summed E-state index contributed by atoms with van der Waals surface area (Å²) in [6.45, 7) is 11.5. The van der Waals surface area contributed by atoms with Gasteiger partial charge < -0.3 is 46.7 Å². The molecule has 12 aromatic rings. The molecule has 1 N–H and O–H groups in total. The Hall–Kier alpha value is -10.5. The molecule has 0 fully saturated rings. The van der Waals surface area contributed by atoms with Crippen LogP contribution in [-0.4, -0.2) is 74.1 Å². The van der Waals surface area contributed by atoms with Crippen LogP contribution in [0.2, 0.25) is 0 Å². The number of benzene rings is 6. The van der Waals surface area contributed by atoms with Gasteiger partial charge in [-0.3, -0.25) is 14.4 Å². The van der Waals surface area contributed by atoms with Crippen LogP contribution in [-0.2, 0) is 12.8 Å². The summed E-state index contributed by atoms with van der Waals surface area (Å²) in [7, 11) is 4.82. The Morgan fingerprint density at radius 3 is 1.07 bits per heavy atom. The minimum Gasteiger partial charge on any atom is -0.495 e. The van der Waals surface area contributed by atoms with Gasteiger partial charge in [-0.15, -0.1) is 23.2 Å². The van der Waals surface area contributed by atoms with Gasteiger partial charge in [0.15, 0.2) is 0 Å². The summed E-state index contributed by atoms with van der Waals surface area (Å²) < 4.78 is 67.0. The van der Waals surface area contributed by atoms with Gasteiger partial charge in [0, 0.05) is 61.1 Å². The first-order chi connectivity index (χ1) is 46.7. The van der Waals surface area contributed by atoms with Crippen molar-refractivity contribution in [2.24, 2.45) is 0 Å². The molecule has 97 heavy (non-hydrogen) atoms. The summed E-state index contributed by atoms with van der Waals surface area (Å²) in [5, 5.41) is 11.2. The van der Waals surface area contributed by atoms with E-state index >= 15 is 0 Å². The summed E-state index contributed by atoms with van der Waals surface area (Å²) in [5.41, 5.74) is 11.5. The average Bonchev–Trinajstić information content (AvgIpc) is 1.09. The highest BCUT2D eigenvalue weighted by Gasteiger charge is 2.22. The third-order valence-electron chi connectivity index (χ3n) is 16.5. The van der Waals surface area contributed by atoms with Gasteiger partial charge in [-0.2, -0.15) is 0 Å². The number of hydrogen-bond acceptors (Lipinski definition) is 10. The van der Waals surface area contributed by atoms with Gasteiger partial charge in [0.25, 0.3) is 16.7 Å². The molecular formula is C76H74Cl2F3N9O7. The lowest BCUT2D eigenvalue weighted by molar-refractivity contribution is 0.217. The van der Waals surface area contributed by atoms with Crippen LogP contribution in [0, 0.1) is 38.2 Å². The van der Waals surface area contributed by atoms with Gasteiger partial charge >= 0.3 is 0 Å². The number of alkyl halides is 2. The highest BCUT2D eigenvalue weighted by molar-refractivity contribution is 6.40. The number of rotatable bonds is 18. The van der Waals surface area contributed by atoms with Gasteiger partial charge in [0.05, 0.1) is 103 Å². The fraction of sp³-hybridized carbons (Fsp3) is 0.211. The number of aliphatic hydroxyl groups is 1. The minimum atomic E-state index is -1.14. The number of halogens is 5. The Bertz CT molecular complexity index is 4600. The van der Waals surface area contributed by atoms with Crippen LogP contribution in [0.4, 0.5) is 13.2 Å². The predicted molar refractivity (Wildman–Crippen MR) is 374 cm³/mol. The molecule has 0 aliphatic heterocycles. The molecule has 500 valence electrons. The average molecular weight is 1350 g/mol. The predicted octanol–water partition coefficient (Wildman–Crippen LogP) is 15.0. The van der Waals surface area contributed by atoms with E-state index in [0.717, 1.165) is 62.0 Å². The lowest BCUT2D eigenvalue weighted by Gasteiger charge is -2.19. The quantitative estimate of drug-likeness (QED) is 0.0817. The molecule has 4 unspecified atom stereocenters. The van der Waals surface area contributed by atoms with Crippen molar-refractivity contribution in [3.05, 3.63) is 336 Å². The van der Waals surface area contributed by atoms with E-state index in [1.54, 1.807) is 129 Å². The van der Waals surface area contributed by atoms with Crippen LogP contribution in [0.5, 0.6) is 17.2 Å².